The average Bonchev–Trinajstić information content (AvgIpc) is 2.83. The van der Waals surface area contributed by atoms with Crippen molar-refractivity contribution in [1.29, 1.82) is 0 Å². The third kappa shape index (κ3) is 2.42. The number of hydrogen-bond donors (Lipinski definition) is 3. The summed E-state index contributed by atoms with van der Waals surface area (Å²) in [7, 11) is 0. The molecule has 0 aliphatic heterocycles. The Morgan fingerprint density at radius 1 is 1.62 bits per heavy atom. The van der Waals surface area contributed by atoms with Gasteiger partial charge in [-0.2, -0.15) is 0 Å². The third-order valence-corrected chi connectivity index (χ3v) is 2.74. The maximum atomic E-state index is 11.4. The molecule has 1 saturated carbocycles. The van der Waals surface area contributed by atoms with Crippen molar-refractivity contribution >= 4 is 5.91 Å². The SMILES string of the molecule is CC(CO)C(C)NC(=O)C1(N)CC1. The van der Waals surface area contributed by atoms with Crippen molar-refractivity contribution in [3.05, 3.63) is 0 Å². The molecule has 0 radical (unpaired) electrons. The quantitative estimate of drug-likeness (QED) is 0.559. The van der Waals surface area contributed by atoms with Gasteiger partial charge in [0.2, 0.25) is 5.91 Å². The summed E-state index contributed by atoms with van der Waals surface area (Å²) in [5.41, 5.74) is 5.10. The summed E-state index contributed by atoms with van der Waals surface area (Å²) >= 11 is 0. The number of amides is 1. The van der Waals surface area contributed by atoms with Crippen LogP contribution in [0.3, 0.4) is 0 Å². The number of aliphatic hydroxyl groups excluding tert-OH is 1. The number of rotatable bonds is 4. The van der Waals surface area contributed by atoms with Gasteiger partial charge in [0.25, 0.3) is 0 Å². The van der Waals surface area contributed by atoms with Gasteiger partial charge in [-0.25, -0.2) is 0 Å². The Morgan fingerprint density at radius 2 is 2.15 bits per heavy atom. The highest BCUT2D eigenvalue weighted by molar-refractivity contribution is 5.89. The highest BCUT2D eigenvalue weighted by Crippen LogP contribution is 2.32. The molecule has 76 valence electrons. The molecule has 1 aliphatic carbocycles. The van der Waals surface area contributed by atoms with E-state index in [0.29, 0.717) is 0 Å². The predicted molar refractivity (Wildman–Crippen MR) is 50.0 cm³/mol. The van der Waals surface area contributed by atoms with E-state index in [1.54, 1.807) is 0 Å². The molecule has 1 amide bonds. The Kier molecular flexibility index (Phi) is 2.93. The van der Waals surface area contributed by atoms with Crippen molar-refractivity contribution in [2.24, 2.45) is 11.7 Å². The van der Waals surface area contributed by atoms with E-state index in [1.807, 2.05) is 13.8 Å². The second-order valence-electron chi connectivity index (χ2n) is 4.08. The minimum atomic E-state index is -0.608. The number of hydrogen-bond acceptors (Lipinski definition) is 3. The molecule has 0 aromatic rings. The summed E-state index contributed by atoms with van der Waals surface area (Å²) in [4.78, 5) is 11.4. The monoisotopic (exact) mass is 186 g/mol. The van der Waals surface area contributed by atoms with E-state index in [2.05, 4.69) is 5.32 Å². The number of nitrogens with one attached hydrogen (secondary N) is 1. The molecule has 4 N–H and O–H groups in total. The zero-order valence-electron chi connectivity index (χ0n) is 8.21. The summed E-state index contributed by atoms with van der Waals surface area (Å²) < 4.78 is 0. The van der Waals surface area contributed by atoms with Gasteiger partial charge >= 0.3 is 0 Å². The second kappa shape index (κ2) is 3.64. The summed E-state index contributed by atoms with van der Waals surface area (Å²) in [5, 5.41) is 11.7. The second-order valence-corrected chi connectivity index (χ2v) is 4.08. The smallest absolute Gasteiger partial charge is 0.240 e. The molecule has 0 bridgehead atoms. The molecule has 4 nitrogen and oxygen atoms in total. The van der Waals surface area contributed by atoms with Crippen LogP contribution >= 0.6 is 0 Å². The van der Waals surface area contributed by atoms with Gasteiger partial charge in [-0.15, -0.1) is 0 Å². The maximum Gasteiger partial charge on any atom is 0.240 e. The van der Waals surface area contributed by atoms with Crippen molar-refractivity contribution in [3.8, 4) is 0 Å². The van der Waals surface area contributed by atoms with Crippen molar-refractivity contribution in [3.63, 3.8) is 0 Å². The first-order chi connectivity index (χ1) is 5.99. The van der Waals surface area contributed by atoms with Crippen LogP contribution < -0.4 is 11.1 Å². The largest absolute Gasteiger partial charge is 0.396 e. The zero-order chi connectivity index (χ0) is 10.1. The first-order valence-corrected chi connectivity index (χ1v) is 4.70. The summed E-state index contributed by atoms with van der Waals surface area (Å²) in [6.07, 6.45) is 1.55. The Hall–Kier alpha value is -0.610. The number of carbonyl (C=O) groups excluding carboxylic acids is 1. The minimum Gasteiger partial charge on any atom is -0.396 e. The van der Waals surface area contributed by atoms with Crippen LogP contribution in [0.5, 0.6) is 0 Å². The maximum absolute atomic E-state index is 11.4. The number of carbonyl (C=O) groups is 1. The van der Waals surface area contributed by atoms with E-state index < -0.39 is 5.54 Å². The van der Waals surface area contributed by atoms with Gasteiger partial charge in [0.1, 0.15) is 0 Å². The number of nitrogens with two attached hydrogens (primary N) is 1. The molecule has 4 heteroatoms. The Bertz CT molecular complexity index is 202. The van der Waals surface area contributed by atoms with Gasteiger partial charge < -0.3 is 16.2 Å². The fraction of sp³-hybridized carbons (Fsp3) is 0.889. The standard InChI is InChI=1S/C9H18N2O2/c1-6(5-12)7(2)11-8(13)9(10)3-4-9/h6-7,12H,3-5,10H2,1-2H3,(H,11,13). The highest BCUT2D eigenvalue weighted by Gasteiger charge is 2.46. The molecule has 0 spiro atoms. The molecule has 2 unspecified atom stereocenters. The molecule has 0 aromatic carbocycles. The Morgan fingerprint density at radius 3 is 2.54 bits per heavy atom. The van der Waals surface area contributed by atoms with Crippen LogP contribution in [0.1, 0.15) is 26.7 Å². The molecule has 1 rings (SSSR count). The van der Waals surface area contributed by atoms with E-state index in [9.17, 15) is 4.79 Å². The number of aliphatic hydroxyl groups is 1. The van der Waals surface area contributed by atoms with Gasteiger partial charge in [0.05, 0.1) is 5.54 Å². The van der Waals surface area contributed by atoms with Crippen LogP contribution in [0.15, 0.2) is 0 Å². The van der Waals surface area contributed by atoms with Crippen LogP contribution in [0.25, 0.3) is 0 Å². The molecule has 2 atom stereocenters. The van der Waals surface area contributed by atoms with Gasteiger partial charge in [-0.05, 0) is 25.7 Å². The van der Waals surface area contributed by atoms with E-state index in [-0.39, 0.29) is 24.5 Å². The summed E-state index contributed by atoms with van der Waals surface area (Å²) in [6.45, 7) is 3.85. The summed E-state index contributed by atoms with van der Waals surface area (Å²) in [6, 6.07) is -0.0153. The van der Waals surface area contributed by atoms with Crippen LogP contribution in [0.2, 0.25) is 0 Å². The van der Waals surface area contributed by atoms with Gasteiger partial charge in [-0.3, -0.25) is 4.79 Å². The lowest BCUT2D eigenvalue weighted by Gasteiger charge is -2.21. The van der Waals surface area contributed by atoms with Crippen LogP contribution in [-0.4, -0.2) is 29.2 Å². The highest BCUT2D eigenvalue weighted by atomic mass is 16.3. The van der Waals surface area contributed by atoms with E-state index in [4.69, 9.17) is 10.8 Å². The fourth-order valence-electron chi connectivity index (χ4n) is 1.01. The lowest BCUT2D eigenvalue weighted by molar-refractivity contribution is -0.124. The van der Waals surface area contributed by atoms with Gasteiger partial charge in [0, 0.05) is 12.6 Å². The fourth-order valence-corrected chi connectivity index (χ4v) is 1.01. The van der Waals surface area contributed by atoms with Crippen LogP contribution in [0, 0.1) is 5.92 Å². The topological polar surface area (TPSA) is 75.3 Å². The Labute approximate surface area is 78.5 Å². The first kappa shape index (κ1) is 10.5. The first-order valence-electron chi connectivity index (χ1n) is 4.70. The van der Waals surface area contributed by atoms with Crippen LogP contribution in [-0.2, 0) is 4.79 Å². The van der Waals surface area contributed by atoms with Gasteiger partial charge in [-0.1, -0.05) is 6.92 Å². The van der Waals surface area contributed by atoms with Crippen molar-refractivity contribution in [2.45, 2.75) is 38.3 Å². The normalized spacial score (nSPS) is 23.4. The zero-order valence-corrected chi connectivity index (χ0v) is 8.21. The average molecular weight is 186 g/mol. The lowest BCUT2D eigenvalue weighted by Crippen LogP contribution is -2.48. The molecular weight excluding hydrogens is 168 g/mol. The molecular formula is C9H18N2O2. The predicted octanol–water partition coefficient (Wildman–Crippen LogP) is -0.389. The van der Waals surface area contributed by atoms with Crippen LogP contribution in [0.4, 0.5) is 0 Å². The molecule has 0 heterocycles. The van der Waals surface area contributed by atoms with E-state index in [0.717, 1.165) is 12.8 Å². The van der Waals surface area contributed by atoms with Crippen molar-refractivity contribution in [2.75, 3.05) is 6.61 Å². The van der Waals surface area contributed by atoms with E-state index in [1.165, 1.54) is 0 Å². The summed E-state index contributed by atoms with van der Waals surface area (Å²) in [5.74, 6) is -0.00778. The van der Waals surface area contributed by atoms with Crippen molar-refractivity contribution < 1.29 is 9.90 Å². The van der Waals surface area contributed by atoms with Crippen molar-refractivity contribution in [1.82, 2.24) is 5.32 Å². The lowest BCUT2D eigenvalue weighted by atomic mass is 10.0. The minimum absolute atomic E-state index is 0.0153. The molecule has 13 heavy (non-hydrogen) atoms. The molecule has 1 fully saturated rings. The van der Waals surface area contributed by atoms with Gasteiger partial charge in [0.15, 0.2) is 0 Å². The Balaban J connectivity index is 2.35. The van der Waals surface area contributed by atoms with E-state index >= 15 is 0 Å². The molecule has 0 saturated heterocycles. The molecule has 1 aliphatic rings. The molecule has 0 aromatic heterocycles. The third-order valence-electron chi connectivity index (χ3n) is 2.74.